The Morgan fingerprint density at radius 2 is 2.25 bits per heavy atom. The lowest BCUT2D eigenvalue weighted by molar-refractivity contribution is 0.262. The van der Waals surface area contributed by atoms with E-state index in [0.29, 0.717) is 0 Å². The number of rotatable bonds is 0. The number of hydrogen-bond acceptors (Lipinski definition) is 0. The summed E-state index contributed by atoms with van der Waals surface area (Å²) in [6, 6.07) is 0. The van der Waals surface area contributed by atoms with E-state index in [0.717, 1.165) is 11.3 Å². The van der Waals surface area contributed by atoms with Crippen molar-refractivity contribution < 1.29 is 0 Å². The van der Waals surface area contributed by atoms with Crippen molar-refractivity contribution in [3.05, 3.63) is 0 Å². The fourth-order valence-corrected chi connectivity index (χ4v) is 3.40. The van der Waals surface area contributed by atoms with Gasteiger partial charge in [-0.05, 0) is 42.4 Å². The van der Waals surface area contributed by atoms with Crippen LogP contribution < -0.4 is 0 Å². The molecule has 4 rings (SSSR count). The SMILES string of the molecule is CC1CC2CC13CC23. The smallest absolute Gasteiger partial charge is 0.0235 e. The third kappa shape index (κ3) is 0.191. The lowest BCUT2D eigenvalue weighted by atomic mass is 9.82. The second-order valence-corrected chi connectivity index (χ2v) is 4.14. The molecule has 0 aromatic carbocycles. The van der Waals surface area contributed by atoms with Gasteiger partial charge >= 0.3 is 0 Å². The summed E-state index contributed by atoms with van der Waals surface area (Å²) in [5.74, 6) is 3.54. The molecule has 0 nitrogen and oxygen atoms in total. The fraction of sp³-hybridized carbons (Fsp3) is 1.00. The van der Waals surface area contributed by atoms with Crippen LogP contribution in [0.25, 0.3) is 0 Å². The molecule has 0 aromatic heterocycles. The third-order valence-electron chi connectivity index (χ3n) is 4.03. The molecule has 0 aromatic rings. The first-order valence-electron chi connectivity index (χ1n) is 3.83. The van der Waals surface area contributed by atoms with Gasteiger partial charge < -0.3 is 0 Å². The molecule has 4 aliphatic carbocycles. The summed E-state index contributed by atoms with van der Waals surface area (Å²) in [7, 11) is 0. The summed E-state index contributed by atoms with van der Waals surface area (Å²) in [5, 5.41) is 0. The summed E-state index contributed by atoms with van der Waals surface area (Å²) in [5.41, 5.74) is 0.963. The average Bonchev–Trinajstić information content (AvgIpc) is 2.02. The molecular weight excluding hydrogens is 96.1 g/mol. The van der Waals surface area contributed by atoms with Crippen molar-refractivity contribution in [2.45, 2.75) is 26.2 Å². The molecule has 0 saturated heterocycles. The molecule has 2 bridgehead atoms. The van der Waals surface area contributed by atoms with Crippen molar-refractivity contribution in [3.8, 4) is 0 Å². The second kappa shape index (κ2) is 0.778. The Kier molecular flexibility index (Phi) is 0.381. The van der Waals surface area contributed by atoms with E-state index < -0.39 is 0 Å². The van der Waals surface area contributed by atoms with Crippen LogP contribution in [0.5, 0.6) is 0 Å². The Morgan fingerprint density at radius 1 is 1.38 bits per heavy atom. The van der Waals surface area contributed by atoms with Crippen molar-refractivity contribution >= 4 is 0 Å². The van der Waals surface area contributed by atoms with Gasteiger partial charge in [-0.25, -0.2) is 0 Å². The second-order valence-electron chi connectivity index (χ2n) is 4.14. The van der Waals surface area contributed by atoms with Crippen molar-refractivity contribution in [2.24, 2.45) is 23.2 Å². The van der Waals surface area contributed by atoms with Gasteiger partial charge in [0, 0.05) is 0 Å². The molecule has 8 heavy (non-hydrogen) atoms. The summed E-state index contributed by atoms with van der Waals surface area (Å²) in [6.07, 6.45) is 4.79. The Labute approximate surface area is 50.3 Å². The Hall–Kier alpha value is 0. The zero-order valence-corrected chi connectivity index (χ0v) is 5.35. The molecule has 4 aliphatic rings. The molecular formula is C8H12. The lowest BCUT2D eigenvalue weighted by Gasteiger charge is -2.22. The third-order valence-corrected chi connectivity index (χ3v) is 4.03. The van der Waals surface area contributed by atoms with Crippen LogP contribution in [0.15, 0.2) is 0 Å². The Morgan fingerprint density at radius 3 is 2.38 bits per heavy atom. The molecule has 0 N–H and O–H groups in total. The van der Waals surface area contributed by atoms with Gasteiger partial charge in [-0.15, -0.1) is 0 Å². The lowest BCUT2D eigenvalue weighted by Crippen LogP contribution is -2.15. The summed E-state index contributed by atoms with van der Waals surface area (Å²) in [6.45, 7) is 2.45. The van der Waals surface area contributed by atoms with E-state index in [1.54, 1.807) is 19.3 Å². The quantitative estimate of drug-likeness (QED) is 0.445. The monoisotopic (exact) mass is 108 g/mol. The van der Waals surface area contributed by atoms with Crippen LogP contribution in [0.1, 0.15) is 26.2 Å². The van der Waals surface area contributed by atoms with Crippen LogP contribution in [0.3, 0.4) is 0 Å². The zero-order valence-electron chi connectivity index (χ0n) is 5.35. The maximum absolute atomic E-state index is 2.45. The molecule has 44 valence electrons. The highest BCUT2D eigenvalue weighted by molar-refractivity contribution is 5.22. The van der Waals surface area contributed by atoms with E-state index >= 15 is 0 Å². The molecule has 4 fully saturated rings. The molecule has 4 unspecified atom stereocenters. The van der Waals surface area contributed by atoms with E-state index in [9.17, 15) is 0 Å². The van der Waals surface area contributed by atoms with Crippen molar-refractivity contribution in [2.75, 3.05) is 0 Å². The van der Waals surface area contributed by atoms with Gasteiger partial charge in [0.25, 0.3) is 0 Å². The van der Waals surface area contributed by atoms with E-state index in [2.05, 4.69) is 6.92 Å². The summed E-state index contributed by atoms with van der Waals surface area (Å²) in [4.78, 5) is 0. The Balaban J connectivity index is 2.09. The minimum absolute atomic E-state index is 0.963. The highest BCUT2D eigenvalue weighted by Crippen LogP contribution is 2.81. The standard InChI is InChI=1S/C8H12/c1-5-2-6-3-8(5)4-7(6)8/h5-7H,2-4H2,1H3. The van der Waals surface area contributed by atoms with Gasteiger partial charge in [0.1, 0.15) is 0 Å². The van der Waals surface area contributed by atoms with Gasteiger partial charge in [-0.3, -0.25) is 0 Å². The van der Waals surface area contributed by atoms with Crippen LogP contribution in [0.4, 0.5) is 0 Å². The van der Waals surface area contributed by atoms with Crippen molar-refractivity contribution in [3.63, 3.8) is 0 Å². The predicted octanol–water partition coefficient (Wildman–Crippen LogP) is 2.05. The zero-order chi connectivity index (χ0) is 5.35. The predicted molar refractivity (Wildman–Crippen MR) is 32.4 cm³/mol. The first kappa shape index (κ1) is 3.92. The van der Waals surface area contributed by atoms with Crippen molar-refractivity contribution in [1.29, 1.82) is 0 Å². The maximum Gasteiger partial charge on any atom is -0.0235 e. The molecule has 0 amide bonds. The molecule has 0 aliphatic heterocycles. The van der Waals surface area contributed by atoms with E-state index in [1.807, 2.05) is 0 Å². The largest absolute Gasteiger partial charge is 0.0620 e. The van der Waals surface area contributed by atoms with E-state index in [4.69, 9.17) is 0 Å². The van der Waals surface area contributed by atoms with Gasteiger partial charge in [0.15, 0.2) is 0 Å². The van der Waals surface area contributed by atoms with Gasteiger partial charge in [0.2, 0.25) is 0 Å². The molecule has 1 spiro atoms. The van der Waals surface area contributed by atoms with Crippen LogP contribution in [-0.2, 0) is 0 Å². The van der Waals surface area contributed by atoms with E-state index in [1.165, 1.54) is 11.8 Å². The van der Waals surface area contributed by atoms with E-state index in [-0.39, 0.29) is 0 Å². The summed E-state index contributed by atoms with van der Waals surface area (Å²) < 4.78 is 0. The molecule has 4 atom stereocenters. The molecule has 4 saturated carbocycles. The number of fused-ring (bicyclic) bond motifs is 1. The van der Waals surface area contributed by atoms with Crippen LogP contribution in [-0.4, -0.2) is 0 Å². The first-order valence-corrected chi connectivity index (χ1v) is 3.83. The maximum atomic E-state index is 2.45. The summed E-state index contributed by atoms with van der Waals surface area (Å²) >= 11 is 0. The molecule has 0 heteroatoms. The van der Waals surface area contributed by atoms with Crippen LogP contribution in [0, 0.1) is 23.2 Å². The van der Waals surface area contributed by atoms with Crippen LogP contribution >= 0.6 is 0 Å². The van der Waals surface area contributed by atoms with Crippen LogP contribution in [0.2, 0.25) is 0 Å². The highest BCUT2D eigenvalue weighted by Gasteiger charge is 2.73. The van der Waals surface area contributed by atoms with Crippen molar-refractivity contribution in [1.82, 2.24) is 0 Å². The first-order chi connectivity index (χ1) is 3.83. The normalized spacial score (nSPS) is 73.9. The average molecular weight is 108 g/mol. The van der Waals surface area contributed by atoms with Gasteiger partial charge in [0.05, 0.1) is 0 Å². The highest BCUT2D eigenvalue weighted by atomic mass is 14.8. The minimum Gasteiger partial charge on any atom is -0.0620 e. The molecule has 0 radical (unpaired) electrons. The topological polar surface area (TPSA) is 0 Å². The minimum atomic E-state index is 0.963. The molecule has 0 heterocycles. The van der Waals surface area contributed by atoms with Gasteiger partial charge in [-0.1, -0.05) is 6.92 Å². The Bertz CT molecular complexity index is 148. The number of hydrogen-bond donors (Lipinski definition) is 0. The fourth-order valence-electron chi connectivity index (χ4n) is 3.40. The van der Waals surface area contributed by atoms with Gasteiger partial charge in [-0.2, -0.15) is 0 Å².